The molecule has 1 heterocycles. The van der Waals surface area contributed by atoms with Crippen molar-refractivity contribution in [2.24, 2.45) is 5.41 Å². The third-order valence-electron chi connectivity index (χ3n) is 3.17. The third kappa shape index (κ3) is 2.92. The maximum absolute atomic E-state index is 10.3. The summed E-state index contributed by atoms with van der Waals surface area (Å²) in [4.78, 5) is 2.10. The predicted molar refractivity (Wildman–Crippen MR) is 61.9 cm³/mol. The van der Waals surface area contributed by atoms with E-state index >= 15 is 0 Å². The summed E-state index contributed by atoms with van der Waals surface area (Å²) in [6, 6.07) is 0.206. The number of hydrogen-bond donors (Lipinski definition) is 1. The molecule has 1 saturated heterocycles. The van der Waals surface area contributed by atoms with Crippen LogP contribution in [0.25, 0.3) is 0 Å². The maximum Gasteiger partial charge on any atom is 0.0962 e. The van der Waals surface area contributed by atoms with Gasteiger partial charge in [-0.25, -0.2) is 0 Å². The quantitative estimate of drug-likeness (QED) is 0.719. The van der Waals surface area contributed by atoms with E-state index in [1.54, 1.807) is 0 Å². The number of nitrogens with zero attached hydrogens (tertiary/aromatic N) is 1. The second-order valence-corrected chi connectivity index (χ2v) is 5.99. The summed E-state index contributed by atoms with van der Waals surface area (Å²) in [5, 5.41) is 10.3. The van der Waals surface area contributed by atoms with Crippen molar-refractivity contribution in [3.05, 3.63) is 0 Å². The molecule has 0 aliphatic carbocycles. The van der Waals surface area contributed by atoms with Crippen LogP contribution in [0.4, 0.5) is 0 Å². The molecule has 0 amide bonds. The minimum absolute atomic E-state index is 0.0116. The molecule has 90 valence electrons. The van der Waals surface area contributed by atoms with E-state index in [1.807, 2.05) is 14.1 Å². The lowest BCUT2D eigenvalue weighted by molar-refractivity contribution is -0.177. The Bertz CT molecular complexity index is 210. The van der Waals surface area contributed by atoms with Crippen LogP contribution in [0.3, 0.4) is 0 Å². The van der Waals surface area contributed by atoms with Crippen molar-refractivity contribution in [3.63, 3.8) is 0 Å². The summed E-state index contributed by atoms with van der Waals surface area (Å²) in [5.41, 5.74) is -0.0116. The van der Waals surface area contributed by atoms with Crippen LogP contribution in [0, 0.1) is 5.41 Å². The van der Waals surface area contributed by atoms with Crippen molar-refractivity contribution in [2.45, 2.75) is 58.5 Å². The molecular weight excluding hydrogens is 190 g/mol. The molecule has 1 rings (SSSR count). The van der Waals surface area contributed by atoms with Crippen LogP contribution in [-0.4, -0.2) is 48.5 Å². The molecular formula is C12H25NO2. The second kappa shape index (κ2) is 4.40. The van der Waals surface area contributed by atoms with Gasteiger partial charge in [0.05, 0.1) is 18.3 Å². The van der Waals surface area contributed by atoms with Gasteiger partial charge in [0, 0.05) is 6.04 Å². The molecule has 1 aliphatic rings. The molecule has 1 fully saturated rings. The zero-order chi connectivity index (χ0) is 11.8. The van der Waals surface area contributed by atoms with Gasteiger partial charge in [0.2, 0.25) is 0 Å². The van der Waals surface area contributed by atoms with Crippen LogP contribution < -0.4 is 0 Å². The van der Waals surface area contributed by atoms with Crippen molar-refractivity contribution >= 4 is 0 Å². The van der Waals surface area contributed by atoms with Gasteiger partial charge in [-0.15, -0.1) is 0 Å². The average Bonchev–Trinajstić information content (AvgIpc) is 2.06. The number of aliphatic hydroxyl groups is 1. The number of rotatable bonds is 1. The van der Waals surface area contributed by atoms with Crippen molar-refractivity contribution in [1.82, 2.24) is 4.90 Å². The molecule has 0 bridgehead atoms. The molecule has 1 N–H and O–H groups in total. The van der Waals surface area contributed by atoms with Gasteiger partial charge in [0.25, 0.3) is 0 Å². The highest BCUT2D eigenvalue weighted by Gasteiger charge is 2.42. The Hall–Kier alpha value is -0.120. The summed E-state index contributed by atoms with van der Waals surface area (Å²) in [6.45, 7) is 8.43. The molecule has 0 aromatic heterocycles. The average molecular weight is 215 g/mol. The highest BCUT2D eigenvalue weighted by molar-refractivity contribution is 4.93. The Morgan fingerprint density at radius 2 is 1.80 bits per heavy atom. The Kier molecular flexibility index (Phi) is 3.80. The fourth-order valence-electron chi connectivity index (χ4n) is 2.30. The zero-order valence-electron chi connectivity index (χ0n) is 10.8. The molecule has 0 spiro atoms. The highest BCUT2D eigenvalue weighted by Crippen LogP contribution is 2.33. The Morgan fingerprint density at radius 1 is 1.27 bits per heavy atom. The smallest absolute Gasteiger partial charge is 0.0962 e. The number of hydrogen-bond acceptors (Lipinski definition) is 3. The maximum atomic E-state index is 10.3. The van der Waals surface area contributed by atoms with Crippen molar-refractivity contribution in [1.29, 1.82) is 0 Å². The molecule has 0 aromatic rings. The molecule has 15 heavy (non-hydrogen) atoms. The highest BCUT2D eigenvalue weighted by atomic mass is 16.5. The molecule has 4 atom stereocenters. The molecule has 3 heteroatoms. The second-order valence-electron chi connectivity index (χ2n) is 5.99. The first kappa shape index (κ1) is 12.9. The van der Waals surface area contributed by atoms with Gasteiger partial charge in [-0.05, 0) is 32.9 Å². The fraction of sp³-hybridized carbons (Fsp3) is 1.00. The summed E-state index contributed by atoms with van der Waals surface area (Å²) >= 11 is 0. The van der Waals surface area contributed by atoms with E-state index in [4.69, 9.17) is 4.74 Å². The standard InChI is InChI=1S/C12H25NO2/c1-8-7-9(13(5)6)10(14)11(15-8)12(2,3)4/h8-11,14H,7H2,1-6H3/t8-,9+,10-,11-/m1/s1. The van der Waals surface area contributed by atoms with Crippen LogP contribution >= 0.6 is 0 Å². The summed E-state index contributed by atoms with van der Waals surface area (Å²) in [6.07, 6.45) is 0.663. The monoisotopic (exact) mass is 215 g/mol. The molecule has 3 nitrogen and oxygen atoms in total. The molecule has 0 radical (unpaired) electrons. The topological polar surface area (TPSA) is 32.7 Å². The van der Waals surface area contributed by atoms with E-state index in [0.717, 1.165) is 6.42 Å². The lowest BCUT2D eigenvalue weighted by atomic mass is 9.80. The molecule has 0 saturated carbocycles. The van der Waals surface area contributed by atoms with Crippen LogP contribution in [0.2, 0.25) is 0 Å². The van der Waals surface area contributed by atoms with E-state index in [9.17, 15) is 5.11 Å². The summed E-state index contributed by atoms with van der Waals surface area (Å²) in [7, 11) is 4.04. The lowest BCUT2D eigenvalue weighted by Gasteiger charge is -2.46. The van der Waals surface area contributed by atoms with Crippen molar-refractivity contribution in [2.75, 3.05) is 14.1 Å². The molecule has 1 aliphatic heterocycles. The Balaban J connectivity index is 2.81. The summed E-state index contributed by atoms with van der Waals surface area (Å²) in [5.74, 6) is 0. The molecule has 0 aromatic carbocycles. The minimum Gasteiger partial charge on any atom is -0.389 e. The van der Waals surface area contributed by atoms with Gasteiger partial charge in [-0.1, -0.05) is 20.8 Å². The van der Waals surface area contributed by atoms with Gasteiger partial charge in [0.1, 0.15) is 0 Å². The number of aliphatic hydroxyl groups excluding tert-OH is 1. The van der Waals surface area contributed by atoms with Gasteiger partial charge in [-0.2, -0.15) is 0 Å². The van der Waals surface area contributed by atoms with E-state index in [0.29, 0.717) is 0 Å². The number of likely N-dealkylation sites (N-methyl/N-ethyl adjacent to an activating group) is 1. The molecule has 0 unspecified atom stereocenters. The van der Waals surface area contributed by atoms with E-state index in [1.165, 1.54) is 0 Å². The van der Waals surface area contributed by atoms with E-state index < -0.39 is 6.10 Å². The SMILES string of the molecule is C[C@@H]1C[C@H](N(C)C)[C@@H](O)[C@H](C(C)(C)C)O1. The van der Waals surface area contributed by atoms with Crippen LogP contribution in [0.5, 0.6) is 0 Å². The largest absolute Gasteiger partial charge is 0.389 e. The van der Waals surface area contributed by atoms with Crippen LogP contribution in [0.15, 0.2) is 0 Å². The van der Waals surface area contributed by atoms with Crippen LogP contribution in [-0.2, 0) is 4.74 Å². The predicted octanol–water partition coefficient (Wildman–Crippen LogP) is 1.50. The lowest BCUT2D eigenvalue weighted by Crippen LogP contribution is -2.57. The zero-order valence-corrected chi connectivity index (χ0v) is 10.8. The first-order valence-corrected chi connectivity index (χ1v) is 5.73. The minimum atomic E-state index is -0.392. The van der Waals surface area contributed by atoms with Crippen molar-refractivity contribution < 1.29 is 9.84 Å². The summed E-state index contributed by atoms with van der Waals surface area (Å²) < 4.78 is 5.87. The van der Waals surface area contributed by atoms with Gasteiger partial charge in [-0.3, -0.25) is 0 Å². The van der Waals surface area contributed by atoms with Gasteiger partial charge < -0.3 is 14.7 Å². The fourth-order valence-corrected chi connectivity index (χ4v) is 2.30. The Labute approximate surface area is 93.4 Å². The van der Waals surface area contributed by atoms with E-state index in [2.05, 4.69) is 32.6 Å². The van der Waals surface area contributed by atoms with Gasteiger partial charge >= 0.3 is 0 Å². The Morgan fingerprint density at radius 3 is 2.20 bits per heavy atom. The first-order chi connectivity index (χ1) is 6.73. The number of ether oxygens (including phenoxy) is 1. The first-order valence-electron chi connectivity index (χ1n) is 5.73. The normalized spacial score (nSPS) is 38.4. The van der Waals surface area contributed by atoms with Crippen LogP contribution in [0.1, 0.15) is 34.1 Å². The van der Waals surface area contributed by atoms with Crippen molar-refractivity contribution in [3.8, 4) is 0 Å². The van der Waals surface area contributed by atoms with E-state index in [-0.39, 0.29) is 23.7 Å². The third-order valence-corrected chi connectivity index (χ3v) is 3.17. The van der Waals surface area contributed by atoms with Gasteiger partial charge in [0.15, 0.2) is 0 Å².